The number of hydrogen-bond donors (Lipinski definition) is 2. The smallest absolute Gasteiger partial charge is 0.271 e. The first-order valence-electron chi connectivity index (χ1n) is 13.6. The van der Waals surface area contributed by atoms with Crippen LogP contribution in [-0.2, 0) is 17.6 Å². The second kappa shape index (κ2) is 11.5. The maximum Gasteiger partial charge on any atom is 0.271 e. The summed E-state index contributed by atoms with van der Waals surface area (Å²) in [4.78, 5) is 41.8. The third-order valence-corrected chi connectivity index (χ3v) is 6.85. The number of nitrogens with one attached hydrogen (secondary N) is 1. The van der Waals surface area contributed by atoms with Gasteiger partial charge in [-0.2, -0.15) is 5.10 Å². The molecule has 5 rings (SSSR count). The summed E-state index contributed by atoms with van der Waals surface area (Å²) in [6.45, 7) is 9.98. The third-order valence-electron chi connectivity index (χ3n) is 6.85. The van der Waals surface area contributed by atoms with Crippen LogP contribution in [0.5, 0.6) is 5.75 Å². The molecule has 1 aromatic heterocycles. The molecule has 0 radical (unpaired) electrons. The first-order chi connectivity index (χ1) is 18.1. The zero-order valence-corrected chi connectivity index (χ0v) is 22.9. The van der Waals surface area contributed by atoms with Gasteiger partial charge in [-0.05, 0) is 43.9 Å². The number of H-pyrrole nitrogens is 1. The topological polar surface area (TPSA) is 122 Å². The van der Waals surface area contributed by atoms with Gasteiger partial charge in [0.05, 0.1) is 23.4 Å². The van der Waals surface area contributed by atoms with Crippen LogP contribution in [0.4, 0.5) is 0 Å². The van der Waals surface area contributed by atoms with Gasteiger partial charge in [-0.15, -0.1) is 0 Å². The summed E-state index contributed by atoms with van der Waals surface area (Å²) in [5, 5.41) is 8.50. The van der Waals surface area contributed by atoms with Crippen molar-refractivity contribution in [3.05, 3.63) is 55.3 Å². The summed E-state index contributed by atoms with van der Waals surface area (Å²) in [6.07, 6.45) is 8.25. The number of aromatic nitrogens is 2. The van der Waals surface area contributed by atoms with Gasteiger partial charge in [0.15, 0.2) is 0 Å². The maximum absolute atomic E-state index is 13.6. The van der Waals surface area contributed by atoms with E-state index in [1.54, 1.807) is 23.6 Å². The number of piperazine rings is 1. The lowest BCUT2D eigenvalue weighted by Crippen LogP contribution is -2.57. The monoisotopic (exact) mass is 521 g/mol. The van der Waals surface area contributed by atoms with Crippen molar-refractivity contribution in [2.24, 2.45) is 5.73 Å². The van der Waals surface area contributed by atoms with Crippen LogP contribution in [0, 0.1) is 0 Å². The number of fused-ring (bicyclic) bond motifs is 2. The van der Waals surface area contributed by atoms with Crippen LogP contribution in [0.2, 0.25) is 0 Å². The number of nitrogens with two attached hydrogens (primary N) is 1. The molecule has 3 aliphatic rings. The second-order valence-electron chi connectivity index (χ2n) is 10.7. The number of hydrogen-bond acceptors (Lipinski definition) is 6. The largest absolute Gasteiger partial charge is 0.492 e. The normalized spacial score (nSPS) is 16.2. The second-order valence-corrected chi connectivity index (χ2v) is 10.7. The number of carbonyl (C=O) groups is 2. The van der Waals surface area contributed by atoms with Crippen LogP contribution in [-0.4, -0.2) is 70.1 Å². The van der Waals surface area contributed by atoms with Crippen LogP contribution in [0.25, 0.3) is 12.2 Å². The Bertz CT molecular complexity index is 1380. The van der Waals surface area contributed by atoms with Gasteiger partial charge in [-0.25, -0.2) is 5.10 Å². The molecule has 2 amide bonds. The van der Waals surface area contributed by atoms with E-state index in [-0.39, 0.29) is 17.4 Å². The highest BCUT2D eigenvalue weighted by Gasteiger charge is 2.33. The van der Waals surface area contributed by atoms with Gasteiger partial charge in [-0.1, -0.05) is 38.5 Å². The zero-order chi connectivity index (χ0) is 27.4. The first kappa shape index (κ1) is 27.6. The third kappa shape index (κ3) is 5.83. The number of rotatable bonds is 4. The summed E-state index contributed by atoms with van der Waals surface area (Å²) in [6, 6.07) is 3.96. The van der Waals surface area contributed by atoms with E-state index in [0.29, 0.717) is 55.7 Å². The van der Waals surface area contributed by atoms with Crippen molar-refractivity contribution in [2.45, 2.75) is 65.3 Å². The average molecular weight is 522 g/mol. The Labute approximate surface area is 223 Å². The van der Waals surface area contributed by atoms with Crippen LogP contribution >= 0.6 is 0 Å². The molecule has 2 aliphatic heterocycles. The van der Waals surface area contributed by atoms with Gasteiger partial charge in [0.2, 0.25) is 5.91 Å². The summed E-state index contributed by atoms with van der Waals surface area (Å²) >= 11 is 0. The van der Waals surface area contributed by atoms with E-state index in [9.17, 15) is 14.4 Å². The predicted molar refractivity (Wildman–Crippen MR) is 147 cm³/mol. The minimum Gasteiger partial charge on any atom is -0.492 e. The van der Waals surface area contributed by atoms with Gasteiger partial charge < -0.3 is 20.3 Å². The molecule has 0 spiro atoms. The van der Waals surface area contributed by atoms with Crippen LogP contribution in [0.3, 0.4) is 0 Å². The van der Waals surface area contributed by atoms with E-state index in [1.165, 1.54) is 6.42 Å². The van der Waals surface area contributed by atoms with Crippen LogP contribution in [0.15, 0.2) is 16.9 Å². The number of nitrogens with zero attached hydrogens (tertiary/aromatic N) is 3. The Hall–Kier alpha value is -3.46. The van der Waals surface area contributed by atoms with Crippen LogP contribution in [0.1, 0.15) is 74.1 Å². The molecule has 38 heavy (non-hydrogen) atoms. The van der Waals surface area contributed by atoms with Crippen molar-refractivity contribution >= 4 is 24.0 Å². The lowest BCUT2D eigenvalue weighted by molar-refractivity contribution is -0.137. The molecular weight excluding hydrogens is 482 g/mol. The molecule has 1 aromatic carbocycles. The number of amides is 2. The summed E-state index contributed by atoms with van der Waals surface area (Å²) < 4.78 is 5.85. The lowest BCUT2D eigenvalue weighted by Gasteiger charge is -2.37. The summed E-state index contributed by atoms with van der Waals surface area (Å²) in [5.74, 6) is 0.443. The molecule has 3 N–H and O–H groups in total. The number of aromatic amines is 1. The molecule has 2 aromatic rings. The van der Waals surface area contributed by atoms with Gasteiger partial charge >= 0.3 is 0 Å². The van der Waals surface area contributed by atoms with E-state index < -0.39 is 5.54 Å². The van der Waals surface area contributed by atoms with Gasteiger partial charge in [0.25, 0.3) is 11.5 Å². The van der Waals surface area contributed by atoms with E-state index in [4.69, 9.17) is 10.5 Å². The molecule has 0 unspecified atom stereocenters. The Morgan fingerprint density at radius 1 is 1.05 bits per heavy atom. The SMILES string of the molecule is CC(C)(N)C(=O)N1CCN(C(=O)c2cc(Cc3n[nH]c(=O)c4c3=CCCC=4)cc3c2OCC3)CC1.CCC. The highest BCUT2D eigenvalue weighted by molar-refractivity contribution is 5.98. The zero-order valence-electron chi connectivity index (χ0n) is 22.9. The fraction of sp³-hybridized carbons (Fsp3) is 0.517. The summed E-state index contributed by atoms with van der Waals surface area (Å²) in [5.41, 5.74) is 8.17. The predicted octanol–water partition coefficient (Wildman–Crippen LogP) is 1.09. The van der Waals surface area contributed by atoms with E-state index in [1.807, 2.05) is 12.1 Å². The maximum atomic E-state index is 13.6. The van der Waals surface area contributed by atoms with E-state index in [2.05, 4.69) is 36.2 Å². The highest BCUT2D eigenvalue weighted by atomic mass is 16.5. The minimum absolute atomic E-state index is 0.0968. The molecule has 1 fully saturated rings. The number of ether oxygens (including phenoxy) is 1. The van der Waals surface area contributed by atoms with Crippen molar-refractivity contribution in [1.82, 2.24) is 20.0 Å². The first-order valence-corrected chi connectivity index (χ1v) is 13.6. The van der Waals surface area contributed by atoms with Gasteiger partial charge in [-0.3, -0.25) is 14.4 Å². The Kier molecular flexibility index (Phi) is 8.35. The molecule has 204 valence electrons. The Balaban J connectivity index is 0.00000107. The Morgan fingerprint density at radius 3 is 2.34 bits per heavy atom. The molecule has 0 saturated carbocycles. The number of carbonyl (C=O) groups excluding carboxylic acids is 2. The molecule has 9 heteroatoms. The van der Waals surface area contributed by atoms with E-state index in [0.717, 1.165) is 41.3 Å². The van der Waals surface area contributed by atoms with Crippen molar-refractivity contribution in [1.29, 1.82) is 0 Å². The Morgan fingerprint density at radius 2 is 1.68 bits per heavy atom. The van der Waals surface area contributed by atoms with Gasteiger partial charge in [0.1, 0.15) is 5.75 Å². The summed E-state index contributed by atoms with van der Waals surface area (Å²) in [7, 11) is 0. The van der Waals surface area contributed by atoms with Crippen molar-refractivity contribution in [3.8, 4) is 5.75 Å². The fourth-order valence-electron chi connectivity index (χ4n) is 5.06. The molecular formula is C29H39N5O4. The number of benzene rings is 1. The fourth-order valence-corrected chi connectivity index (χ4v) is 5.06. The average Bonchev–Trinajstić information content (AvgIpc) is 3.38. The van der Waals surface area contributed by atoms with E-state index >= 15 is 0 Å². The molecule has 1 aliphatic carbocycles. The molecule has 3 heterocycles. The van der Waals surface area contributed by atoms with Crippen LogP contribution < -0.4 is 26.5 Å². The van der Waals surface area contributed by atoms with Gasteiger partial charge in [0, 0.05) is 49.5 Å². The van der Waals surface area contributed by atoms with Crippen molar-refractivity contribution in [3.63, 3.8) is 0 Å². The molecule has 0 atom stereocenters. The van der Waals surface area contributed by atoms with Crippen molar-refractivity contribution < 1.29 is 14.3 Å². The lowest BCUT2D eigenvalue weighted by atomic mass is 9.97. The standard InChI is InChI=1S/C26H31N5O4.C3H8/c1-26(2,27)25(34)31-10-8-30(9-11-31)24(33)20-14-16(13-17-7-12-35-22(17)20)15-21-18-5-3-4-6-19(18)23(32)29-28-21;1-3-2/h5-6,13-14H,3-4,7-12,15,27H2,1-2H3,(H,29,32);3H2,1-2H3. The molecule has 0 bridgehead atoms. The quantitative estimate of drug-likeness (QED) is 0.621. The molecule has 9 nitrogen and oxygen atoms in total. The van der Waals surface area contributed by atoms with Crippen molar-refractivity contribution in [2.75, 3.05) is 32.8 Å². The minimum atomic E-state index is -0.931. The molecule has 1 saturated heterocycles. The highest BCUT2D eigenvalue weighted by Crippen LogP contribution is 2.33.